The molecule has 0 saturated carbocycles. The van der Waals surface area contributed by atoms with Crippen molar-refractivity contribution in [2.45, 2.75) is 38.6 Å². The van der Waals surface area contributed by atoms with Crippen LogP contribution >= 0.6 is 0 Å². The molecule has 1 aromatic carbocycles. The standard InChI is InChI=1S/C17H23N3O3S/c1-2-3-11-24(22,23)20-9-7-16(8-10-20)19-17(21)15-6-4-5-14(12-15)13-18/h4-6,12,16H,2-3,7-11H2,1H3,(H,19,21). The van der Waals surface area contributed by atoms with Gasteiger partial charge in [-0.05, 0) is 37.5 Å². The molecule has 1 heterocycles. The number of amides is 1. The molecule has 130 valence electrons. The van der Waals surface area contributed by atoms with Crippen LogP contribution in [0.1, 0.15) is 48.5 Å². The number of piperidine rings is 1. The Morgan fingerprint density at radius 3 is 2.71 bits per heavy atom. The van der Waals surface area contributed by atoms with Gasteiger partial charge in [-0.15, -0.1) is 0 Å². The number of hydrogen-bond donors (Lipinski definition) is 1. The number of rotatable bonds is 6. The molecular weight excluding hydrogens is 326 g/mol. The molecule has 0 unspecified atom stereocenters. The molecule has 1 aliphatic heterocycles. The SMILES string of the molecule is CCCCS(=O)(=O)N1CCC(NC(=O)c2cccc(C#N)c2)CC1. The Morgan fingerprint density at radius 2 is 2.08 bits per heavy atom. The minimum absolute atomic E-state index is 0.0409. The number of nitriles is 1. The Bertz CT molecular complexity index is 717. The number of carbonyl (C=O) groups is 1. The van der Waals surface area contributed by atoms with Gasteiger partial charge in [0.25, 0.3) is 5.91 Å². The molecule has 0 radical (unpaired) electrons. The largest absolute Gasteiger partial charge is 0.349 e. The summed E-state index contributed by atoms with van der Waals surface area (Å²) in [6, 6.07) is 8.52. The molecule has 0 aromatic heterocycles. The zero-order valence-corrected chi connectivity index (χ0v) is 14.7. The predicted octanol–water partition coefficient (Wildman–Crippen LogP) is 1.88. The fraction of sp³-hybridized carbons (Fsp3) is 0.529. The van der Waals surface area contributed by atoms with Crippen molar-refractivity contribution >= 4 is 15.9 Å². The average Bonchev–Trinajstić information content (AvgIpc) is 2.60. The zero-order valence-electron chi connectivity index (χ0n) is 13.9. The second kappa shape index (κ2) is 8.27. The predicted molar refractivity (Wildman–Crippen MR) is 91.9 cm³/mol. The molecule has 0 atom stereocenters. The van der Waals surface area contributed by atoms with Crippen LogP contribution in [0.15, 0.2) is 24.3 Å². The third-order valence-corrected chi connectivity index (χ3v) is 6.15. The summed E-state index contributed by atoms with van der Waals surface area (Å²) in [6.45, 7) is 2.85. The Kier molecular flexibility index (Phi) is 6.35. The number of nitrogens with zero attached hydrogens (tertiary/aromatic N) is 2. The quantitative estimate of drug-likeness (QED) is 0.849. The van der Waals surface area contributed by atoms with Gasteiger partial charge in [-0.2, -0.15) is 5.26 Å². The van der Waals surface area contributed by atoms with E-state index in [4.69, 9.17) is 5.26 Å². The molecule has 6 nitrogen and oxygen atoms in total. The van der Waals surface area contributed by atoms with Gasteiger partial charge < -0.3 is 5.32 Å². The van der Waals surface area contributed by atoms with Crippen molar-refractivity contribution in [2.24, 2.45) is 0 Å². The van der Waals surface area contributed by atoms with E-state index in [1.807, 2.05) is 13.0 Å². The summed E-state index contributed by atoms with van der Waals surface area (Å²) in [5.41, 5.74) is 0.895. The van der Waals surface area contributed by atoms with Crippen LogP contribution in [-0.2, 0) is 10.0 Å². The molecule has 24 heavy (non-hydrogen) atoms. The highest BCUT2D eigenvalue weighted by Crippen LogP contribution is 2.16. The smallest absolute Gasteiger partial charge is 0.251 e. The van der Waals surface area contributed by atoms with Gasteiger partial charge in [0.1, 0.15) is 0 Å². The van der Waals surface area contributed by atoms with Gasteiger partial charge in [0, 0.05) is 24.7 Å². The van der Waals surface area contributed by atoms with E-state index in [1.165, 1.54) is 4.31 Å². The summed E-state index contributed by atoms with van der Waals surface area (Å²) in [7, 11) is -3.17. The highest BCUT2D eigenvalue weighted by Gasteiger charge is 2.28. The molecule has 1 aromatic rings. The van der Waals surface area contributed by atoms with Crippen LogP contribution in [0.25, 0.3) is 0 Å². The average molecular weight is 349 g/mol. The molecule has 0 spiro atoms. The number of nitrogens with one attached hydrogen (secondary N) is 1. The van der Waals surface area contributed by atoms with Gasteiger partial charge in [0.2, 0.25) is 10.0 Å². The molecule has 1 amide bonds. The van der Waals surface area contributed by atoms with E-state index in [1.54, 1.807) is 24.3 Å². The van der Waals surface area contributed by atoms with Gasteiger partial charge in [-0.3, -0.25) is 4.79 Å². The van der Waals surface area contributed by atoms with Crippen LogP contribution in [0.5, 0.6) is 0 Å². The summed E-state index contributed by atoms with van der Waals surface area (Å²) in [5, 5.41) is 11.8. The second-order valence-electron chi connectivity index (χ2n) is 6.01. The van der Waals surface area contributed by atoms with E-state index >= 15 is 0 Å². The maximum atomic E-state index is 12.2. The van der Waals surface area contributed by atoms with Gasteiger partial charge in [-0.25, -0.2) is 12.7 Å². The van der Waals surface area contributed by atoms with Crippen molar-refractivity contribution in [1.82, 2.24) is 9.62 Å². The first-order valence-electron chi connectivity index (χ1n) is 8.25. The Labute approximate surface area is 143 Å². The van der Waals surface area contributed by atoms with E-state index < -0.39 is 10.0 Å². The van der Waals surface area contributed by atoms with Gasteiger partial charge in [-0.1, -0.05) is 19.4 Å². The maximum absolute atomic E-state index is 12.2. The Balaban J connectivity index is 1.89. The van der Waals surface area contributed by atoms with Gasteiger partial charge in [0.05, 0.1) is 17.4 Å². The Morgan fingerprint density at radius 1 is 1.38 bits per heavy atom. The summed E-state index contributed by atoms with van der Waals surface area (Å²) in [5.74, 6) is -0.0269. The molecule has 1 fully saturated rings. The molecule has 1 N–H and O–H groups in total. The van der Waals surface area contributed by atoms with Crippen LogP contribution in [0.4, 0.5) is 0 Å². The lowest BCUT2D eigenvalue weighted by atomic mass is 10.1. The lowest BCUT2D eigenvalue weighted by molar-refractivity contribution is 0.0924. The van der Waals surface area contributed by atoms with Crippen LogP contribution in [0, 0.1) is 11.3 Å². The minimum Gasteiger partial charge on any atom is -0.349 e. The van der Waals surface area contributed by atoms with Crippen molar-refractivity contribution in [3.63, 3.8) is 0 Å². The van der Waals surface area contributed by atoms with E-state index in [-0.39, 0.29) is 17.7 Å². The Hall–Kier alpha value is -1.91. The summed E-state index contributed by atoms with van der Waals surface area (Å²) in [4.78, 5) is 12.2. The molecular formula is C17H23N3O3S. The highest BCUT2D eigenvalue weighted by molar-refractivity contribution is 7.89. The minimum atomic E-state index is -3.17. The first-order valence-corrected chi connectivity index (χ1v) is 9.86. The third-order valence-electron chi connectivity index (χ3n) is 4.19. The number of unbranched alkanes of at least 4 members (excludes halogenated alkanes) is 1. The van der Waals surface area contributed by atoms with E-state index in [0.717, 1.165) is 6.42 Å². The van der Waals surface area contributed by atoms with Gasteiger partial charge in [0.15, 0.2) is 0 Å². The first kappa shape index (κ1) is 18.4. The van der Waals surface area contributed by atoms with Crippen LogP contribution < -0.4 is 5.32 Å². The molecule has 1 aliphatic rings. The fourth-order valence-electron chi connectivity index (χ4n) is 2.73. The molecule has 0 aliphatic carbocycles. The van der Waals surface area contributed by atoms with Gasteiger partial charge >= 0.3 is 0 Å². The van der Waals surface area contributed by atoms with Crippen molar-refractivity contribution in [2.75, 3.05) is 18.8 Å². The first-order chi connectivity index (χ1) is 11.5. The zero-order chi connectivity index (χ0) is 17.6. The lowest BCUT2D eigenvalue weighted by Crippen LogP contribution is -2.47. The van der Waals surface area contributed by atoms with Crippen molar-refractivity contribution in [3.8, 4) is 6.07 Å². The normalized spacial score (nSPS) is 16.5. The number of sulfonamides is 1. The van der Waals surface area contributed by atoms with E-state index in [2.05, 4.69) is 5.32 Å². The van der Waals surface area contributed by atoms with Crippen LogP contribution in [0.3, 0.4) is 0 Å². The van der Waals surface area contributed by atoms with Crippen LogP contribution in [0.2, 0.25) is 0 Å². The summed E-state index contributed by atoms with van der Waals surface area (Å²) >= 11 is 0. The molecule has 0 bridgehead atoms. The molecule has 2 rings (SSSR count). The van der Waals surface area contributed by atoms with E-state index in [9.17, 15) is 13.2 Å². The fourth-order valence-corrected chi connectivity index (χ4v) is 4.41. The molecule has 7 heteroatoms. The number of benzene rings is 1. The van der Waals surface area contributed by atoms with Crippen molar-refractivity contribution in [1.29, 1.82) is 5.26 Å². The number of hydrogen-bond acceptors (Lipinski definition) is 4. The third kappa shape index (κ3) is 4.79. The van der Waals surface area contributed by atoms with Crippen LogP contribution in [-0.4, -0.2) is 43.5 Å². The summed E-state index contributed by atoms with van der Waals surface area (Å²) in [6.07, 6.45) is 2.74. The summed E-state index contributed by atoms with van der Waals surface area (Å²) < 4.78 is 25.9. The topological polar surface area (TPSA) is 90.3 Å². The number of carbonyl (C=O) groups excluding carboxylic acids is 1. The lowest BCUT2D eigenvalue weighted by Gasteiger charge is -2.31. The molecule has 1 saturated heterocycles. The van der Waals surface area contributed by atoms with Crippen molar-refractivity contribution in [3.05, 3.63) is 35.4 Å². The maximum Gasteiger partial charge on any atom is 0.251 e. The van der Waals surface area contributed by atoms with E-state index in [0.29, 0.717) is 43.5 Å². The second-order valence-corrected chi connectivity index (χ2v) is 8.10. The monoisotopic (exact) mass is 349 g/mol. The van der Waals surface area contributed by atoms with Crippen molar-refractivity contribution < 1.29 is 13.2 Å². The highest BCUT2D eigenvalue weighted by atomic mass is 32.2.